The molecule has 0 bridgehead atoms. The maximum atomic E-state index is 9.16. The Morgan fingerprint density at radius 1 is 1.37 bits per heavy atom. The highest BCUT2D eigenvalue weighted by Gasteiger charge is 2.31. The van der Waals surface area contributed by atoms with Crippen LogP contribution in [-0.4, -0.2) is 52.4 Å². The average Bonchev–Trinajstić information content (AvgIpc) is 3.18. The third kappa shape index (κ3) is 3.66. The zero-order valence-electron chi connectivity index (χ0n) is 11.6. The van der Waals surface area contributed by atoms with Crippen LogP contribution >= 0.6 is 0 Å². The summed E-state index contributed by atoms with van der Waals surface area (Å²) in [5.41, 5.74) is 0. The molecule has 0 atom stereocenters. The van der Waals surface area contributed by atoms with Crippen LogP contribution in [0.1, 0.15) is 26.7 Å². The van der Waals surface area contributed by atoms with E-state index in [0.29, 0.717) is 30.5 Å². The van der Waals surface area contributed by atoms with Crippen molar-refractivity contribution in [1.29, 1.82) is 0 Å². The summed E-state index contributed by atoms with van der Waals surface area (Å²) in [5, 5.41) is 12.1. The molecule has 1 aliphatic carbocycles. The lowest BCUT2D eigenvalue weighted by molar-refractivity contribution is 0.221. The van der Waals surface area contributed by atoms with E-state index in [1.165, 1.54) is 0 Å². The van der Waals surface area contributed by atoms with E-state index in [1.54, 1.807) is 7.05 Å². The van der Waals surface area contributed by atoms with E-state index < -0.39 is 0 Å². The molecular weight excluding hydrogens is 246 g/mol. The quantitative estimate of drug-likeness (QED) is 0.751. The van der Waals surface area contributed by atoms with Gasteiger partial charge in [-0.25, -0.2) is 0 Å². The number of aromatic nitrogens is 3. The van der Waals surface area contributed by atoms with Gasteiger partial charge in [-0.05, 0) is 26.7 Å². The Labute approximate surface area is 113 Å². The molecule has 1 aliphatic rings. The van der Waals surface area contributed by atoms with E-state index in [1.807, 2.05) is 18.7 Å². The van der Waals surface area contributed by atoms with Crippen molar-refractivity contribution >= 4 is 11.9 Å². The van der Waals surface area contributed by atoms with Crippen molar-refractivity contribution in [2.75, 3.05) is 30.4 Å². The predicted molar refractivity (Wildman–Crippen MR) is 72.6 cm³/mol. The Hall–Kier alpha value is -1.63. The minimum absolute atomic E-state index is 0.00664. The minimum Gasteiger partial charge on any atom is -0.461 e. The van der Waals surface area contributed by atoms with Gasteiger partial charge in [-0.1, -0.05) is 0 Å². The second-order valence-electron chi connectivity index (χ2n) is 4.81. The third-order valence-electron chi connectivity index (χ3n) is 2.75. The van der Waals surface area contributed by atoms with Crippen LogP contribution in [-0.2, 0) is 0 Å². The zero-order chi connectivity index (χ0) is 13.8. The smallest absolute Gasteiger partial charge is 0.323 e. The van der Waals surface area contributed by atoms with Crippen molar-refractivity contribution in [3.05, 3.63) is 0 Å². The third-order valence-corrected chi connectivity index (χ3v) is 2.75. The van der Waals surface area contributed by atoms with Crippen molar-refractivity contribution in [3.63, 3.8) is 0 Å². The van der Waals surface area contributed by atoms with Gasteiger partial charge in [0, 0.05) is 19.6 Å². The Balaban J connectivity index is 2.26. The zero-order valence-corrected chi connectivity index (χ0v) is 11.6. The van der Waals surface area contributed by atoms with Gasteiger partial charge >= 0.3 is 6.01 Å². The molecule has 106 valence electrons. The van der Waals surface area contributed by atoms with Gasteiger partial charge in [0.1, 0.15) is 0 Å². The molecule has 2 N–H and O–H groups in total. The van der Waals surface area contributed by atoms with Gasteiger partial charge in [-0.15, -0.1) is 0 Å². The normalized spacial score (nSPS) is 14.6. The number of aliphatic hydroxyl groups excluding tert-OH is 1. The topological polar surface area (TPSA) is 83.4 Å². The SMILES string of the molecule is CNc1nc(OC(C)C)nc(N(CCO)C2CC2)n1. The molecule has 7 nitrogen and oxygen atoms in total. The summed E-state index contributed by atoms with van der Waals surface area (Å²) in [6.07, 6.45) is 2.23. The van der Waals surface area contributed by atoms with E-state index in [-0.39, 0.29) is 12.7 Å². The maximum Gasteiger partial charge on any atom is 0.323 e. The molecule has 0 saturated heterocycles. The van der Waals surface area contributed by atoms with E-state index in [0.717, 1.165) is 12.8 Å². The molecule has 1 fully saturated rings. The maximum absolute atomic E-state index is 9.16. The fourth-order valence-electron chi connectivity index (χ4n) is 1.79. The highest BCUT2D eigenvalue weighted by molar-refractivity contribution is 5.40. The number of nitrogens with zero attached hydrogens (tertiary/aromatic N) is 4. The number of ether oxygens (including phenoxy) is 1. The highest BCUT2D eigenvalue weighted by atomic mass is 16.5. The molecule has 19 heavy (non-hydrogen) atoms. The van der Waals surface area contributed by atoms with Crippen LogP contribution in [0.2, 0.25) is 0 Å². The fourth-order valence-corrected chi connectivity index (χ4v) is 1.79. The molecule has 0 spiro atoms. The lowest BCUT2D eigenvalue weighted by Gasteiger charge is -2.22. The predicted octanol–water partition coefficient (Wildman–Crippen LogP) is 0.662. The summed E-state index contributed by atoms with van der Waals surface area (Å²) in [4.78, 5) is 14.9. The monoisotopic (exact) mass is 267 g/mol. The molecule has 0 aliphatic heterocycles. The number of hydrogen-bond donors (Lipinski definition) is 2. The average molecular weight is 267 g/mol. The van der Waals surface area contributed by atoms with E-state index >= 15 is 0 Å². The molecule has 0 unspecified atom stereocenters. The molecule has 0 aromatic carbocycles. The van der Waals surface area contributed by atoms with Gasteiger partial charge in [-0.2, -0.15) is 15.0 Å². The van der Waals surface area contributed by atoms with Crippen LogP contribution in [0.5, 0.6) is 6.01 Å². The van der Waals surface area contributed by atoms with Gasteiger partial charge in [-0.3, -0.25) is 0 Å². The first-order valence-corrected chi connectivity index (χ1v) is 6.62. The summed E-state index contributed by atoms with van der Waals surface area (Å²) >= 11 is 0. The molecule has 2 rings (SSSR count). The number of anilines is 2. The molecule has 1 saturated carbocycles. The minimum atomic E-state index is 0.00664. The largest absolute Gasteiger partial charge is 0.461 e. The first-order valence-electron chi connectivity index (χ1n) is 6.62. The number of aliphatic hydroxyl groups is 1. The molecule has 0 amide bonds. The van der Waals surface area contributed by atoms with Gasteiger partial charge in [0.2, 0.25) is 11.9 Å². The first kappa shape index (κ1) is 13.8. The van der Waals surface area contributed by atoms with Crippen LogP contribution in [0.15, 0.2) is 0 Å². The van der Waals surface area contributed by atoms with Crippen molar-refractivity contribution in [2.24, 2.45) is 0 Å². The lowest BCUT2D eigenvalue weighted by atomic mass is 10.5. The second-order valence-corrected chi connectivity index (χ2v) is 4.81. The van der Waals surface area contributed by atoms with Gasteiger partial charge in [0.25, 0.3) is 0 Å². The molecule has 1 aromatic heterocycles. The lowest BCUT2D eigenvalue weighted by Crippen LogP contribution is -2.31. The van der Waals surface area contributed by atoms with Crippen LogP contribution in [0.3, 0.4) is 0 Å². The molecule has 1 aromatic rings. The van der Waals surface area contributed by atoms with Gasteiger partial charge in [0.05, 0.1) is 12.7 Å². The van der Waals surface area contributed by atoms with Crippen molar-refractivity contribution in [2.45, 2.75) is 38.8 Å². The van der Waals surface area contributed by atoms with Crippen molar-refractivity contribution in [3.8, 4) is 6.01 Å². The Morgan fingerprint density at radius 2 is 2.11 bits per heavy atom. The van der Waals surface area contributed by atoms with E-state index in [4.69, 9.17) is 9.84 Å². The Morgan fingerprint density at radius 3 is 2.63 bits per heavy atom. The molecule has 1 heterocycles. The van der Waals surface area contributed by atoms with Crippen LogP contribution < -0.4 is 15.0 Å². The van der Waals surface area contributed by atoms with Crippen LogP contribution in [0.25, 0.3) is 0 Å². The van der Waals surface area contributed by atoms with Gasteiger partial charge < -0.3 is 20.1 Å². The second kappa shape index (κ2) is 6.01. The molecule has 7 heteroatoms. The fraction of sp³-hybridized carbons (Fsp3) is 0.750. The van der Waals surface area contributed by atoms with E-state index in [2.05, 4.69) is 20.3 Å². The number of rotatable bonds is 7. The summed E-state index contributed by atoms with van der Waals surface area (Å²) in [5.74, 6) is 1.04. The number of nitrogens with one attached hydrogen (secondary N) is 1. The number of hydrogen-bond acceptors (Lipinski definition) is 7. The Kier molecular flexibility index (Phi) is 4.36. The van der Waals surface area contributed by atoms with Crippen LogP contribution in [0, 0.1) is 0 Å². The summed E-state index contributed by atoms with van der Waals surface area (Å²) < 4.78 is 5.53. The first-order chi connectivity index (χ1) is 9.13. The Bertz CT molecular complexity index is 423. The van der Waals surface area contributed by atoms with E-state index in [9.17, 15) is 0 Å². The summed E-state index contributed by atoms with van der Waals surface area (Å²) in [6, 6.07) is 0.735. The van der Waals surface area contributed by atoms with Crippen molar-refractivity contribution in [1.82, 2.24) is 15.0 Å². The molecular formula is C12H21N5O2. The van der Waals surface area contributed by atoms with Crippen LogP contribution in [0.4, 0.5) is 11.9 Å². The standard InChI is InChI=1S/C12H21N5O2/c1-8(2)19-12-15-10(13-3)14-11(16-12)17(6-7-18)9-4-5-9/h8-9,18H,4-7H2,1-3H3,(H,13,14,15,16). The summed E-state index contributed by atoms with van der Waals surface area (Å²) in [7, 11) is 1.76. The van der Waals surface area contributed by atoms with Gasteiger partial charge in [0.15, 0.2) is 0 Å². The van der Waals surface area contributed by atoms with Crippen molar-refractivity contribution < 1.29 is 9.84 Å². The summed E-state index contributed by atoms with van der Waals surface area (Å²) in [6.45, 7) is 4.46. The molecule has 0 radical (unpaired) electrons. The highest BCUT2D eigenvalue weighted by Crippen LogP contribution is 2.30.